The van der Waals surface area contributed by atoms with Crippen LogP contribution in [0.4, 0.5) is 19.0 Å². The van der Waals surface area contributed by atoms with Crippen molar-refractivity contribution < 1.29 is 32.5 Å². The average Bonchev–Trinajstić information content (AvgIpc) is 3.38. The number of carbonyl (C=O) groups excluding carboxylic acids is 1. The molecule has 222 valence electrons. The molecule has 13 heteroatoms. The minimum atomic E-state index is -3.87. The first-order chi connectivity index (χ1) is 19.2. The van der Waals surface area contributed by atoms with Crippen LogP contribution in [0.5, 0.6) is 5.88 Å². The lowest BCUT2D eigenvalue weighted by Crippen LogP contribution is -2.41. The predicted octanol–water partition coefficient (Wildman–Crippen LogP) is 3.99. The van der Waals surface area contributed by atoms with Gasteiger partial charge in [-0.1, -0.05) is 19.1 Å². The fourth-order valence-electron chi connectivity index (χ4n) is 5.16. The quantitative estimate of drug-likeness (QED) is 0.348. The van der Waals surface area contributed by atoms with E-state index in [0.717, 1.165) is 19.9 Å². The normalized spacial score (nSPS) is 18.5. The van der Waals surface area contributed by atoms with Crippen molar-refractivity contribution in [3.63, 3.8) is 0 Å². The second-order valence-corrected chi connectivity index (χ2v) is 10.7. The third-order valence-electron chi connectivity index (χ3n) is 7.71. The van der Waals surface area contributed by atoms with Gasteiger partial charge in [-0.15, -0.1) is 0 Å². The molecule has 10 nitrogen and oxygen atoms in total. The summed E-state index contributed by atoms with van der Waals surface area (Å²) in [5.74, 6) is -4.90. The van der Waals surface area contributed by atoms with E-state index in [1.54, 1.807) is 17.9 Å². The molecular weight excluding hydrogens is 543 g/mol. The highest BCUT2D eigenvalue weighted by molar-refractivity contribution is 5.89. The highest BCUT2D eigenvalue weighted by atomic mass is 19.3. The number of alkyl halides is 2. The van der Waals surface area contributed by atoms with E-state index in [-0.39, 0.29) is 47.0 Å². The van der Waals surface area contributed by atoms with Crippen LogP contribution in [0.2, 0.25) is 0 Å². The number of likely N-dealkylation sites (tertiary alicyclic amines) is 1. The van der Waals surface area contributed by atoms with Crippen LogP contribution < -0.4 is 15.6 Å². The van der Waals surface area contributed by atoms with Gasteiger partial charge in [0.2, 0.25) is 11.8 Å². The number of hydrogen-bond donors (Lipinski definition) is 3. The Morgan fingerprint density at radius 3 is 2.59 bits per heavy atom. The van der Waals surface area contributed by atoms with Crippen molar-refractivity contribution in [1.29, 1.82) is 0 Å². The first kappa shape index (κ1) is 30.3. The van der Waals surface area contributed by atoms with E-state index in [9.17, 15) is 23.5 Å². The SMILES string of the molecule is CC[C@@H](Nc1n[nH]c(=O)c2nc(OC)c(C3(OC)CCN(C(C)=O)C3)cc12)c1cccc(C(F)(F)C(C)(C)O)c1F. The molecule has 41 heavy (non-hydrogen) atoms. The number of pyridine rings is 1. The van der Waals surface area contributed by atoms with E-state index in [2.05, 4.69) is 20.5 Å². The highest BCUT2D eigenvalue weighted by Gasteiger charge is 2.49. The van der Waals surface area contributed by atoms with Crippen LogP contribution in [0, 0.1) is 5.82 Å². The second kappa shape index (κ2) is 10.9. The summed E-state index contributed by atoms with van der Waals surface area (Å²) in [4.78, 5) is 30.9. The largest absolute Gasteiger partial charge is 0.481 e. The first-order valence-corrected chi connectivity index (χ1v) is 13.1. The number of hydrogen-bond acceptors (Lipinski definition) is 8. The van der Waals surface area contributed by atoms with Gasteiger partial charge in [0, 0.05) is 38.1 Å². The number of anilines is 1. The number of nitrogens with zero attached hydrogens (tertiary/aromatic N) is 3. The highest BCUT2D eigenvalue weighted by Crippen LogP contribution is 2.43. The number of aromatic nitrogens is 3. The van der Waals surface area contributed by atoms with Gasteiger partial charge in [-0.3, -0.25) is 9.59 Å². The molecule has 3 heterocycles. The molecule has 0 saturated carbocycles. The van der Waals surface area contributed by atoms with Crippen molar-refractivity contribution in [1.82, 2.24) is 20.1 Å². The third kappa shape index (κ3) is 5.23. The van der Waals surface area contributed by atoms with Gasteiger partial charge < -0.3 is 24.8 Å². The summed E-state index contributed by atoms with van der Waals surface area (Å²) >= 11 is 0. The summed E-state index contributed by atoms with van der Waals surface area (Å²) in [6.07, 6.45) is 0.694. The Bertz CT molecular complexity index is 1520. The van der Waals surface area contributed by atoms with Crippen LogP contribution in [0.15, 0.2) is 29.1 Å². The molecule has 1 fully saturated rings. The smallest absolute Gasteiger partial charge is 0.303 e. The molecular formula is C28H34F3N5O5. The van der Waals surface area contributed by atoms with E-state index in [1.165, 1.54) is 33.3 Å². The Morgan fingerprint density at radius 2 is 2.02 bits per heavy atom. The number of benzene rings is 1. The van der Waals surface area contributed by atoms with Gasteiger partial charge in [0.05, 0.1) is 30.6 Å². The lowest BCUT2D eigenvalue weighted by Gasteiger charge is -2.31. The Balaban J connectivity index is 1.84. The molecule has 0 bridgehead atoms. The van der Waals surface area contributed by atoms with Crippen molar-refractivity contribution in [2.24, 2.45) is 0 Å². The zero-order valence-corrected chi connectivity index (χ0v) is 23.8. The Morgan fingerprint density at radius 1 is 1.32 bits per heavy atom. The number of aliphatic hydroxyl groups is 1. The summed E-state index contributed by atoms with van der Waals surface area (Å²) in [5, 5.41) is 19.8. The monoisotopic (exact) mass is 577 g/mol. The number of nitrogens with one attached hydrogen (secondary N) is 2. The number of fused-ring (bicyclic) bond motifs is 1. The molecule has 4 rings (SSSR count). The minimum Gasteiger partial charge on any atom is -0.481 e. The van der Waals surface area contributed by atoms with Crippen molar-refractivity contribution in [3.8, 4) is 5.88 Å². The summed E-state index contributed by atoms with van der Waals surface area (Å²) in [6.45, 7) is 5.68. The molecule has 0 aliphatic carbocycles. The predicted molar refractivity (Wildman–Crippen MR) is 146 cm³/mol. The van der Waals surface area contributed by atoms with Gasteiger partial charge in [0.1, 0.15) is 22.5 Å². The molecule has 0 spiro atoms. The standard InChI is InChI=1S/C28H34F3N5O5/c1-7-20(16-9-8-10-18(21(16)29)28(30,31)26(3,4)39)32-23-17-13-19(25(40-5)33-22(17)24(38)35-34-23)27(41-6)11-12-36(14-27)15(2)37/h8-10,13,20,39H,7,11-12,14H2,1-6H3,(H,32,34)(H,35,38)/t20-,27?/m1/s1. The topological polar surface area (TPSA) is 130 Å². The van der Waals surface area contributed by atoms with Crippen molar-refractivity contribution in [2.45, 2.75) is 63.7 Å². The van der Waals surface area contributed by atoms with Crippen LogP contribution in [-0.2, 0) is 21.1 Å². The fraction of sp³-hybridized carbons (Fsp3) is 0.500. The number of ether oxygens (including phenoxy) is 2. The average molecular weight is 578 g/mol. The first-order valence-electron chi connectivity index (χ1n) is 13.1. The Kier molecular flexibility index (Phi) is 8.07. The Hall–Kier alpha value is -3.71. The summed E-state index contributed by atoms with van der Waals surface area (Å²) in [5.41, 5.74) is -4.63. The number of rotatable bonds is 9. The third-order valence-corrected chi connectivity index (χ3v) is 7.71. The zero-order valence-electron chi connectivity index (χ0n) is 23.8. The Labute approximate surface area is 234 Å². The molecule has 2 atom stereocenters. The number of H-pyrrole nitrogens is 1. The maximum absolute atomic E-state index is 15.6. The second-order valence-electron chi connectivity index (χ2n) is 10.7. The molecule has 1 unspecified atom stereocenters. The van der Waals surface area contributed by atoms with Crippen molar-refractivity contribution in [2.75, 3.05) is 32.6 Å². The number of amides is 1. The van der Waals surface area contributed by atoms with Gasteiger partial charge >= 0.3 is 5.92 Å². The molecule has 1 aromatic carbocycles. The van der Waals surface area contributed by atoms with Crippen LogP contribution in [0.3, 0.4) is 0 Å². The molecule has 1 amide bonds. The molecule has 3 N–H and O–H groups in total. The number of methoxy groups -OCH3 is 2. The molecule has 1 aliphatic rings. The summed E-state index contributed by atoms with van der Waals surface area (Å²) in [7, 11) is 2.91. The van der Waals surface area contributed by atoms with Crippen LogP contribution >= 0.6 is 0 Å². The van der Waals surface area contributed by atoms with Crippen LogP contribution in [0.25, 0.3) is 10.9 Å². The number of halogens is 3. The van der Waals surface area contributed by atoms with Gasteiger partial charge in [-0.05, 0) is 32.4 Å². The summed E-state index contributed by atoms with van der Waals surface area (Å²) in [6, 6.07) is 4.40. The summed E-state index contributed by atoms with van der Waals surface area (Å²) < 4.78 is 56.9. The van der Waals surface area contributed by atoms with Gasteiger partial charge in [-0.2, -0.15) is 13.9 Å². The van der Waals surface area contributed by atoms with E-state index >= 15 is 4.39 Å². The molecule has 1 aliphatic heterocycles. The lowest BCUT2D eigenvalue weighted by atomic mass is 9.90. The zero-order chi connectivity index (χ0) is 30.3. The molecule has 2 aromatic heterocycles. The lowest BCUT2D eigenvalue weighted by molar-refractivity contribution is -0.170. The van der Waals surface area contributed by atoms with Crippen LogP contribution in [-0.4, -0.2) is 64.0 Å². The van der Waals surface area contributed by atoms with E-state index < -0.39 is 40.1 Å². The fourth-order valence-corrected chi connectivity index (χ4v) is 5.16. The minimum absolute atomic E-state index is 0.0200. The van der Waals surface area contributed by atoms with Crippen molar-refractivity contribution in [3.05, 3.63) is 57.1 Å². The maximum Gasteiger partial charge on any atom is 0.303 e. The molecule has 1 saturated heterocycles. The van der Waals surface area contributed by atoms with Crippen LogP contribution in [0.1, 0.15) is 63.3 Å². The maximum atomic E-state index is 15.6. The van der Waals surface area contributed by atoms with E-state index in [0.29, 0.717) is 18.5 Å². The van der Waals surface area contributed by atoms with Gasteiger partial charge in [-0.25, -0.2) is 14.5 Å². The number of carbonyl (C=O) groups is 1. The number of aromatic amines is 1. The van der Waals surface area contributed by atoms with Gasteiger partial charge in [0.15, 0.2) is 5.82 Å². The molecule has 0 radical (unpaired) electrons. The van der Waals surface area contributed by atoms with E-state index in [1.807, 2.05) is 0 Å². The molecule has 3 aromatic rings. The van der Waals surface area contributed by atoms with Crippen molar-refractivity contribution >= 4 is 22.6 Å². The van der Waals surface area contributed by atoms with Gasteiger partial charge in [0.25, 0.3) is 5.56 Å². The van der Waals surface area contributed by atoms with E-state index in [4.69, 9.17) is 9.47 Å².